The van der Waals surface area contributed by atoms with Crippen molar-refractivity contribution in [2.45, 2.75) is 122 Å². The molecule has 0 aliphatic heterocycles. The lowest BCUT2D eigenvalue weighted by Gasteiger charge is -2.66. The van der Waals surface area contributed by atoms with Crippen LogP contribution in [0.5, 0.6) is 0 Å². The predicted octanol–water partition coefficient (Wildman–Crippen LogP) is 3.50. The number of fused-ring (bicyclic) bond motifs is 5. The Morgan fingerprint density at radius 2 is 1.53 bits per heavy atom. The van der Waals surface area contributed by atoms with E-state index in [1.165, 1.54) is 0 Å². The van der Waals surface area contributed by atoms with E-state index in [1.54, 1.807) is 0 Å². The van der Waals surface area contributed by atoms with Crippen LogP contribution in [-0.4, -0.2) is 55.5 Å². The monoisotopic (exact) mass is 452 g/mol. The molecule has 0 amide bonds. The highest BCUT2D eigenvalue weighted by atomic mass is 16.3. The van der Waals surface area contributed by atoms with Crippen LogP contribution in [0.1, 0.15) is 92.4 Å². The molecule has 0 saturated heterocycles. The minimum atomic E-state index is -1.06. The maximum Gasteiger partial charge on any atom is 0.0763 e. The van der Waals surface area contributed by atoms with Crippen molar-refractivity contribution in [2.75, 3.05) is 0 Å². The van der Waals surface area contributed by atoms with Gasteiger partial charge in [-0.1, -0.05) is 34.6 Å². The lowest BCUT2D eigenvalue weighted by Crippen LogP contribution is -2.68. The molecule has 0 aromatic carbocycles. The van der Waals surface area contributed by atoms with Gasteiger partial charge in [0.25, 0.3) is 0 Å². The zero-order chi connectivity index (χ0) is 23.6. The van der Waals surface area contributed by atoms with Gasteiger partial charge in [-0.05, 0) is 91.8 Å². The Morgan fingerprint density at radius 3 is 2.19 bits per heavy atom. The van der Waals surface area contributed by atoms with Crippen molar-refractivity contribution in [3.63, 3.8) is 0 Å². The average molecular weight is 453 g/mol. The molecule has 4 aliphatic rings. The van der Waals surface area contributed by atoms with E-state index in [9.17, 15) is 25.5 Å². The SMILES string of the molecule is CC(C)[C@@H](O)CC[C@@H](C)[C@H]1C[C@@H](O)[C@H]2C3(O)C[C@H](O)[C@H]4C[C@@H](O)CC[C@]4(C)[C@H]3CC[C@]12C. The highest BCUT2D eigenvalue weighted by molar-refractivity contribution is 5.20. The van der Waals surface area contributed by atoms with Gasteiger partial charge in [-0.3, -0.25) is 0 Å². The molecule has 4 saturated carbocycles. The van der Waals surface area contributed by atoms with Crippen LogP contribution in [0, 0.1) is 46.3 Å². The fraction of sp³-hybridized carbons (Fsp3) is 1.00. The molecule has 0 bridgehead atoms. The second-order valence-corrected chi connectivity index (χ2v) is 13.2. The van der Waals surface area contributed by atoms with Crippen LogP contribution < -0.4 is 0 Å². The number of aliphatic hydroxyl groups excluding tert-OH is 4. The third-order valence-electron chi connectivity index (χ3n) is 11.1. The summed E-state index contributed by atoms with van der Waals surface area (Å²) in [5, 5.41) is 55.4. The molecule has 4 aliphatic carbocycles. The molecule has 4 rings (SSSR count). The van der Waals surface area contributed by atoms with Gasteiger partial charge in [-0.15, -0.1) is 0 Å². The molecule has 5 nitrogen and oxygen atoms in total. The number of hydrogen-bond donors (Lipinski definition) is 5. The molecule has 5 heteroatoms. The summed E-state index contributed by atoms with van der Waals surface area (Å²) in [5.74, 6) is 0.780. The number of aliphatic hydroxyl groups is 5. The zero-order valence-electron chi connectivity index (χ0n) is 20.9. The van der Waals surface area contributed by atoms with E-state index in [-0.39, 0.29) is 46.7 Å². The van der Waals surface area contributed by atoms with Crippen LogP contribution in [0.4, 0.5) is 0 Å². The lowest BCUT2D eigenvalue weighted by molar-refractivity contribution is -0.263. The first-order valence-electron chi connectivity index (χ1n) is 13.3. The molecule has 5 N–H and O–H groups in total. The molecule has 1 unspecified atom stereocenters. The second kappa shape index (κ2) is 8.48. The predicted molar refractivity (Wildman–Crippen MR) is 125 cm³/mol. The van der Waals surface area contributed by atoms with Gasteiger partial charge in [0.15, 0.2) is 0 Å². The van der Waals surface area contributed by atoms with E-state index in [0.29, 0.717) is 31.1 Å². The summed E-state index contributed by atoms with van der Waals surface area (Å²) in [4.78, 5) is 0. The molecular formula is C27H48O5. The first-order chi connectivity index (χ1) is 14.8. The topological polar surface area (TPSA) is 101 Å². The number of hydrogen-bond acceptors (Lipinski definition) is 5. The minimum absolute atomic E-state index is 0.0201. The largest absolute Gasteiger partial charge is 0.393 e. The summed E-state index contributed by atoms with van der Waals surface area (Å²) >= 11 is 0. The van der Waals surface area contributed by atoms with E-state index < -0.39 is 17.8 Å². The van der Waals surface area contributed by atoms with E-state index in [0.717, 1.165) is 38.5 Å². The molecular weight excluding hydrogens is 404 g/mol. The zero-order valence-corrected chi connectivity index (χ0v) is 20.9. The van der Waals surface area contributed by atoms with E-state index >= 15 is 0 Å². The highest BCUT2D eigenvalue weighted by Crippen LogP contribution is 2.69. The van der Waals surface area contributed by atoms with Crippen LogP contribution in [-0.2, 0) is 0 Å². The van der Waals surface area contributed by atoms with Crippen molar-refractivity contribution >= 4 is 0 Å². The van der Waals surface area contributed by atoms with Gasteiger partial charge in [-0.2, -0.15) is 0 Å². The van der Waals surface area contributed by atoms with Crippen molar-refractivity contribution in [3.05, 3.63) is 0 Å². The van der Waals surface area contributed by atoms with Crippen LogP contribution in [0.25, 0.3) is 0 Å². The third kappa shape index (κ3) is 3.69. The molecule has 32 heavy (non-hydrogen) atoms. The average Bonchev–Trinajstić information content (AvgIpc) is 2.98. The van der Waals surface area contributed by atoms with Crippen LogP contribution in [0.2, 0.25) is 0 Å². The summed E-state index contributed by atoms with van der Waals surface area (Å²) in [7, 11) is 0. The van der Waals surface area contributed by atoms with Gasteiger partial charge in [0.1, 0.15) is 0 Å². The molecule has 4 fully saturated rings. The Labute approximate surface area is 194 Å². The maximum absolute atomic E-state index is 12.3. The molecule has 0 spiro atoms. The quantitative estimate of drug-likeness (QED) is 0.440. The summed E-state index contributed by atoms with van der Waals surface area (Å²) in [6.45, 7) is 10.8. The third-order valence-corrected chi connectivity index (χ3v) is 11.1. The highest BCUT2D eigenvalue weighted by Gasteiger charge is 2.70. The Morgan fingerprint density at radius 1 is 0.875 bits per heavy atom. The van der Waals surface area contributed by atoms with Crippen LogP contribution in [0.15, 0.2) is 0 Å². The van der Waals surface area contributed by atoms with Crippen molar-refractivity contribution in [1.29, 1.82) is 0 Å². The van der Waals surface area contributed by atoms with Gasteiger partial charge in [0.05, 0.1) is 30.0 Å². The Balaban J connectivity index is 1.59. The molecule has 0 heterocycles. The standard InChI is InChI=1S/C27H48O5/c1-15(2)20(29)7-6-16(3)18-13-21(30)24-26(18,5)11-9-23-25(4)10-8-17(28)12-19(25)22(31)14-27(23,24)32/h15-24,28-32H,6-14H2,1-5H3/t16-,17+,18-,19-,20+,21-,22+,23-,24-,25+,26-,27?/m1/s1. The van der Waals surface area contributed by atoms with Crippen molar-refractivity contribution in [1.82, 2.24) is 0 Å². The van der Waals surface area contributed by atoms with Gasteiger partial charge >= 0.3 is 0 Å². The first-order valence-corrected chi connectivity index (χ1v) is 13.3. The van der Waals surface area contributed by atoms with E-state index in [2.05, 4.69) is 34.6 Å². The van der Waals surface area contributed by atoms with Crippen molar-refractivity contribution in [3.8, 4) is 0 Å². The molecule has 0 aromatic rings. The van der Waals surface area contributed by atoms with Crippen LogP contribution >= 0.6 is 0 Å². The summed E-state index contributed by atoms with van der Waals surface area (Å²) in [6, 6.07) is 0. The Bertz CT molecular complexity index is 683. The van der Waals surface area contributed by atoms with Crippen molar-refractivity contribution < 1.29 is 25.5 Å². The molecule has 0 radical (unpaired) electrons. The molecule has 0 aromatic heterocycles. The first kappa shape index (κ1) is 24.9. The summed E-state index contributed by atoms with van der Waals surface area (Å²) < 4.78 is 0. The smallest absolute Gasteiger partial charge is 0.0763 e. The Kier molecular flexibility index (Phi) is 6.60. The minimum Gasteiger partial charge on any atom is -0.393 e. The van der Waals surface area contributed by atoms with Gasteiger partial charge in [-0.25, -0.2) is 0 Å². The van der Waals surface area contributed by atoms with Gasteiger partial charge < -0.3 is 25.5 Å². The van der Waals surface area contributed by atoms with E-state index in [4.69, 9.17) is 0 Å². The van der Waals surface area contributed by atoms with Gasteiger partial charge in [0.2, 0.25) is 0 Å². The fourth-order valence-corrected chi connectivity index (χ4v) is 9.37. The summed E-state index contributed by atoms with van der Waals surface area (Å²) in [6.07, 6.45) is 4.97. The lowest BCUT2D eigenvalue weighted by atomic mass is 9.42. The maximum atomic E-state index is 12.3. The van der Waals surface area contributed by atoms with Crippen LogP contribution in [0.3, 0.4) is 0 Å². The molecule has 186 valence electrons. The van der Waals surface area contributed by atoms with Crippen molar-refractivity contribution in [2.24, 2.45) is 46.3 Å². The Hall–Kier alpha value is -0.200. The fourth-order valence-electron chi connectivity index (χ4n) is 9.37. The second-order valence-electron chi connectivity index (χ2n) is 13.2. The molecule has 12 atom stereocenters. The summed E-state index contributed by atoms with van der Waals surface area (Å²) in [5.41, 5.74) is -1.42. The number of rotatable bonds is 5. The van der Waals surface area contributed by atoms with Gasteiger partial charge in [0, 0.05) is 12.3 Å². The normalized spacial score (nSPS) is 52.8. The van der Waals surface area contributed by atoms with E-state index in [1.807, 2.05) is 0 Å².